The molecular formula is C22H24N2O2. The van der Waals surface area contributed by atoms with Gasteiger partial charge < -0.3 is 10.1 Å². The highest BCUT2D eigenvalue weighted by Crippen LogP contribution is 2.43. The summed E-state index contributed by atoms with van der Waals surface area (Å²) in [5, 5.41) is 12.2. The molecule has 1 fully saturated rings. The minimum atomic E-state index is -0.165. The van der Waals surface area contributed by atoms with Gasteiger partial charge in [0.05, 0.1) is 11.6 Å². The number of benzene rings is 2. The number of rotatable bonds is 4. The predicted molar refractivity (Wildman–Crippen MR) is 101 cm³/mol. The third kappa shape index (κ3) is 3.43. The van der Waals surface area contributed by atoms with E-state index in [-0.39, 0.29) is 23.5 Å². The third-order valence-electron chi connectivity index (χ3n) is 5.39. The van der Waals surface area contributed by atoms with Crippen LogP contribution in [0.25, 0.3) is 0 Å². The summed E-state index contributed by atoms with van der Waals surface area (Å²) in [5.74, 6) is 0.721. The zero-order valence-electron chi connectivity index (χ0n) is 15.7. The molecule has 0 aromatic heterocycles. The molecule has 1 N–H and O–H groups in total. The number of nitrogens with zero attached hydrogens (tertiary/aromatic N) is 1. The van der Waals surface area contributed by atoms with Crippen molar-refractivity contribution >= 4 is 5.91 Å². The maximum absolute atomic E-state index is 12.4. The Kier molecular flexibility index (Phi) is 4.73. The van der Waals surface area contributed by atoms with Crippen LogP contribution >= 0.6 is 0 Å². The Hall–Kier alpha value is -2.80. The molecular weight excluding hydrogens is 324 g/mol. The van der Waals surface area contributed by atoms with Gasteiger partial charge in [-0.05, 0) is 49.7 Å². The summed E-state index contributed by atoms with van der Waals surface area (Å²) < 4.78 is 6.12. The van der Waals surface area contributed by atoms with Gasteiger partial charge in [-0.1, -0.05) is 31.5 Å². The summed E-state index contributed by atoms with van der Waals surface area (Å²) >= 11 is 0. The van der Waals surface area contributed by atoms with E-state index in [0.29, 0.717) is 11.1 Å². The minimum Gasteiger partial charge on any atom is -0.490 e. The topological polar surface area (TPSA) is 62.1 Å². The summed E-state index contributed by atoms with van der Waals surface area (Å²) in [6.45, 7) is 8.13. The van der Waals surface area contributed by atoms with Gasteiger partial charge in [-0.15, -0.1) is 0 Å². The Morgan fingerprint density at radius 3 is 2.46 bits per heavy atom. The van der Waals surface area contributed by atoms with Crippen LogP contribution in [0.3, 0.4) is 0 Å². The van der Waals surface area contributed by atoms with E-state index < -0.39 is 0 Å². The molecule has 0 unspecified atom stereocenters. The highest BCUT2D eigenvalue weighted by molar-refractivity contribution is 5.94. The molecule has 0 saturated heterocycles. The third-order valence-corrected chi connectivity index (χ3v) is 5.39. The summed E-state index contributed by atoms with van der Waals surface area (Å²) in [6, 6.07) is 15.3. The molecule has 1 aliphatic carbocycles. The van der Waals surface area contributed by atoms with Gasteiger partial charge in [-0.2, -0.15) is 5.26 Å². The van der Waals surface area contributed by atoms with Crippen molar-refractivity contribution in [2.45, 2.75) is 46.3 Å². The molecule has 2 aromatic rings. The summed E-state index contributed by atoms with van der Waals surface area (Å²) in [5.41, 5.74) is 3.22. The first-order valence-electron chi connectivity index (χ1n) is 8.86. The van der Waals surface area contributed by atoms with E-state index in [1.807, 2.05) is 50.2 Å². The standard InChI is InChI=1S/C22H24N2O2/c1-14-5-7-16(8-6-14)21(25)24-19-12-20(22(19,3)4)26-18-10-9-17(13-23)15(2)11-18/h5-11,19-20H,12H2,1-4H3,(H,24,25)/t19-,20-/m0/s1. The van der Waals surface area contributed by atoms with Crippen LogP contribution in [0.2, 0.25) is 0 Å². The minimum absolute atomic E-state index is 0.0261. The lowest BCUT2D eigenvalue weighted by atomic mass is 9.64. The first-order chi connectivity index (χ1) is 12.3. The second-order valence-corrected chi connectivity index (χ2v) is 7.64. The largest absolute Gasteiger partial charge is 0.490 e. The lowest BCUT2D eigenvalue weighted by Crippen LogP contribution is -2.63. The number of nitriles is 1. The summed E-state index contributed by atoms with van der Waals surface area (Å²) in [6.07, 6.45) is 0.794. The van der Waals surface area contributed by atoms with Crippen LogP contribution in [0.15, 0.2) is 42.5 Å². The normalized spacial score (nSPS) is 20.6. The average molecular weight is 348 g/mol. The van der Waals surface area contributed by atoms with Crippen molar-refractivity contribution in [3.63, 3.8) is 0 Å². The first kappa shape index (κ1) is 18.0. The molecule has 26 heavy (non-hydrogen) atoms. The van der Waals surface area contributed by atoms with Crippen LogP contribution in [-0.4, -0.2) is 18.1 Å². The Morgan fingerprint density at radius 2 is 1.88 bits per heavy atom. The molecule has 4 nitrogen and oxygen atoms in total. The van der Waals surface area contributed by atoms with Gasteiger partial charge in [0, 0.05) is 23.4 Å². The molecule has 2 aromatic carbocycles. The summed E-state index contributed by atoms with van der Waals surface area (Å²) in [7, 11) is 0. The Bertz CT molecular complexity index is 863. The fourth-order valence-corrected chi connectivity index (χ4v) is 3.28. The van der Waals surface area contributed by atoms with Crippen molar-refractivity contribution in [1.82, 2.24) is 5.32 Å². The van der Waals surface area contributed by atoms with Crippen molar-refractivity contribution in [2.24, 2.45) is 5.41 Å². The van der Waals surface area contributed by atoms with Crippen molar-refractivity contribution in [1.29, 1.82) is 5.26 Å². The molecule has 0 bridgehead atoms. The van der Waals surface area contributed by atoms with E-state index >= 15 is 0 Å². The molecule has 134 valence electrons. The Morgan fingerprint density at radius 1 is 1.19 bits per heavy atom. The molecule has 0 heterocycles. The first-order valence-corrected chi connectivity index (χ1v) is 8.86. The number of carbonyl (C=O) groups excluding carboxylic acids is 1. The van der Waals surface area contributed by atoms with Gasteiger partial charge in [0.1, 0.15) is 11.9 Å². The van der Waals surface area contributed by atoms with Gasteiger partial charge in [-0.3, -0.25) is 4.79 Å². The molecule has 4 heteroatoms. The van der Waals surface area contributed by atoms with Crippen molar-refractivity contribution in [2.75, 3.05) is 0 Å². The van der Waals surface area contributed by atoms with Gasteiger partial charge in [-0.25, -0.2) is 0 Å². The highest BCUT2D eigenvalue weighted by Gasteiger charge is 2.50. The van der Waals surface area contributed by atoms with E-state index in [2.05, 4.69) is 25.2 Å². The number of aryl methyl sites for hydroxylation is 2. The predicted octanol–water partition coefficient (Wildman–Crippen LogP) is 4.15. The molecule has 1 amide bonds. The maximum Gasteiger partial charge on any atom is 0.251 e. The monoisotopic (exact) mass is 348 g/mol. The van der Waals surface area contributed by atoms with Crippen LogP contribution in [0, 0.1) is 30.6 Å². The molecule has 0 aliphatic heterocycles. The van der Waals surface area contributed by atoms with Crippen LogP contribution in [0.5, 0.6) is 5.75 Å². The Labute approximate surface area is 154 Å². The number of amides is 1. The van der Waals surface area contributed by atoms with Crippen LogP contribution in [-0.2, 0) is 0 Å². The fraction of sp³-hybridized carbons (Fsp3) is 0.364. The number of nitrogens with one attached hydrogen (secondary N) is 1. The second kappa shape index (κ2) is 6.84. The van der Waals surface area contributed by atoms with E-state index in [1.165, 1.54) is 0 Å². The number of hydrogen-bond acceptors (Lipinski definition) is 3. The number of ether oxygens (including phenoxy) is 1. The highest BCUT2D eigenvalue weighted by atomic mass is 16.5. The molecule has 0 radical (unpaired) electrons. The van der Waals surface area contributed by atoms with Crippen molar-refractivity contribution < 1.29 is 9.53 Å². The van der Waals surface area contributed by atoms with Crippen LogP contribution < -0.4 is 10.1 Å². The molecule has 0 spiro atoms. The van der Waals surface area contributed by atoms with Gasteiger partial charge >= 0.3 is 0 Å². The van der Waals surface area contributed by atoms with E-state index in [4.69, 9.17) is 10.00 Å². The average Bonchev–Trinajstić information content (AvgIpc) is 2.61. The lowest BCUT2D eigenvalue weighted by molar-refractivity contribution is -0.0515. The molecule has 3 rings (SSSR count). The lowest BCUT2D eigenvalue weighted by Gasteiger charge is -2.51. The summed E-state index contributed by atoms with van der Waals surface area (Å²) in [4.78, 5) is 12.4. The molecule has 1 aliphatic rings. The fourth-order valence-electron chi connectivity index (χ4n) is 3.28. The van der Waals surface area contributed by atoms with Gasteiger partial charge in [0.2, 0.25) is 0 Å². The zero-order chi connectivity index (χ0) is 18.9. The molecule has 1 saturated carbocycles. The van der Waals surface area contributed by atoms with Crippen molar-refractivity contribution in [3.05, 3.63) is 64.7 Å². The van der Waals surface area contributed by atoms with E-state index in [1.54, 1.807) is 6.07 Å². The maximum atomic E-state index is 12.4. The van der Waals surface area contributed by atoms with Crippen LogP contribution in [0.1, 0.15) is 47.3 Å². The van der Waals surface area contributed by atoms with E-state index in [0.717, 1.165) is 23.3 Å². The smallest absolute Gasteiger partial charge is 0.251 e. The number of carbonyl (C=O) groups is 1. The second-order valence-electron chi connectivity index (χ2n) is 7.64. The van der Waals surface area contributed by atoms with Gasteiger partial charge in [0.15, 0.2) is 0 Å². The Balaban J connectivity index is 1.62. The zero-order valence-corrected chi connectivity index (χ0v) is 15.7. The van der Waals surface area contributed by atoms with E-state index in [9.17, 15) is 4.79 Å². The quantitative estimate of drug-likeness (QED) is 0.903. The van der Waals surface area contributed by atoms with Gasteiger partial charge in [0.25, 0.3) is 5.91 Å². The number of hydrogen-bond donors (Lipinski definition) is 1. The SMILES string of the molecule is Cc1ccc(C(=O)N[C@H]2C[C@H](Oc3ccc(C#N)c(C)c3)C2(C)C)cc1. The molecule has 2 atom stereocenters. The van der Waals surface area contributed by atoms with Crippen molar-refractivity contribution in [3.8, 4) is 11.8 Å². The van der Waals surface area contributed by atoms with Crippen LogP contribution in [0.4, 0.5) is 0 Å².